The Bertz CT molecular complexity index is 412. The molecule has 3 nitrogen and oxygen atoms in total. The first-order valence-electron chi connectivity index (χ1n) is 4.36. The summed E-state index contributed by atoms with van der Waals surface area (Å²) in [5.41, 5.74) is -0.0751. The van der Waals surface area contributed by atoms with E-state index in [2.05, 4.69) is 15.8 Å². The molecule has 1 heterocycles. The molecule has 0 aromatic carbocycles. The van der Waals surface area contributed by atoms with Gasteiger partial charge in [-0.2, -0.15) is 0 Å². The highest BCUT2D eigenvalue weighted by Crippen LogP contribution is 2.17. The minimum atomic E-state index is -2.19. The van der Waals surface area contributed by atoms with E-state index in [0.29, 0.717) is 4.90 Å². The van der Waals surface area contributed by atoms with Gasteiger partial charge in [0.15, 0.2) is 0 Å². The fraction of sp³-hybridized carbons (Fsp3) is 0.500. The molecule has 0 saturated heterocycles. The van der Waals surface area contributed by atoms with Crippen LogP contribution >= 0.6 is 0 Å². The van der Waals surface area contributed by atoms with Crippen molar-refractivity contribution in [3.05, 3.63) is 18.2 Å². The second-order valence-electron chi connectivity index (χ2n) is 4.50. The molecule has 0 N–H and O–H groups in total. The van der Waals surface area contributed by atoms with Gasteiger partial charge < -0.3 is 0 Å². The Morgan fingerprint density at radius 3 is 2.00 bits per heavy atom. The van der Waals surface area contributed by atoms with Gasteiger partial charge in [-0.1, -0.05) is 20.8 Å². The molecule has 4 heteroatoms. The summed E-state index contributed by atoms with van der Waals surface area (Å²) >= 11 is 0. The summed E-state index contributed by atoms with van der Waals surface area (Å²) in [5, 5.41) is 0. The van der Waals surface area contributed by atoms with Gasteiger partial charge >= 0.3 is 0 Å². The van der Waals surface area contributed by atoms with Crippen LogP contribution in [0.2, 0.25) is 0 Å². The lowest BCUT2D eigenvalue weighted by molar-refractivity contribution is 0.542. The van der Waals surface area contributed by atoms with Gasteiger partial charge in [0, 0.05) is 24.1 Å². The molecule has 0 aliphatic heterocycles. The molecule has 0 radical (unpaired) electrons. The van der Waals surface area contributed by atoms with Crippen LogP contribution in [-0.2, 0) is 14.9 Å². The van der Waals surface area contributed by atoms with E-state index in [1.807, 2.05) is 20.8 Å². The average molecular weight is 212 g/mol. The molecular formula is C10H16N2OS. The van der Waals surface area contributed by atoms with E-state index >= 15 is 0 Å². The Balaban J connectivity index is 3.14. The number of aromatic nitrogens is 2. The van der Waals surface area contributed by atoms with Crippen molar-refractivity contribution in [2.75, 3.05) is 6.26 Å². The van der Waals surface area contributed by atoms with Crippen molar-refractivity contribution < 1.29 is 4.21 Å². The summed E-state index contributed by atoms with van der Waals surface area (Å²) in [7, 11) is -2.19. The summed E-state index contributed by atoms with van der Waals surface area (Å²) < 4.78 is 11.6. The SMILES string of the molecule is C=S(C)(=O)c1cnc(C(C)(C)C)nc1. The van der Waals surface area contributed by atoms with Crippen molar-refractivity contribution in [3.63, 3.8) is 0 Å². The third-order valence-electron chi connectivity index (χ3n) is 1.80. The molecule has 14 heavy (non-hydrogen) atoms. The standard InChI is InChI=1S/C10H16N2OS/c1-10(2,3)9-11-6-8(7-12-9)14(4,5)13/h6-7H,4H2,1-3,5H3. The Morgan fingerprint density at radius 2 is 1.71 bits per heavy atom. The van der Waals surface area contributed by atoms with Gasteiger partial charge in [-0.05, 0) is 15.4 Å². The smallest absolute Gasteiger partial charge is 0.133 e. The van der Waals surface area contributed by atoms with E-state index < -0.39 is 9.52 Å². The van der Waals surface area contributed by atoms with Crippen LogP contribution in [0.3, 0.4) is 0 Å². The van der Waals surface area contributed by atoms with Crippen molar-refractivity contribution in [1.29, 1.82) is 0 Å². The van der Waals surface area contributed by atoms with Crippen molar-refractivity contribution >= 4 is 15.4 Å². The third-order valence-corrected chi connectivity index (χ3v) is 3.01. The van der Waals surface area contributed by atoms with Crippen LogP contribution in [0.5, 0.6) is 0 Å². The van der Waals surface area contributed by atoms with Gasteiger partial charge in [0.25, 0.3) is 0 Å². The van der Waals surface area contributed by atoms with Gasteiger partial charge in [-0.15, -0.1) is 0 Å². The molecule has 0 saturated carbocycles. The Labute approximate surface area is 85.6 Å². The monoisotopic (exact) mass is 212 g/mol. The Kier molecular flexibility index (Phi) is 2.67. The molecule has 1 rings (SSSR count). The molecule has 1 aromatic rings. The van der Waals surface area contributed by atoms with Crippen molar-refractivity contribution in [2.24, 2.45) is 0 Å². The van der Waals surface area contributed by atoms with Gasteiger partial charge in [0.1, 0.15) is 5.82 Å². The zero-order valence-electron chi connectivity index (χ0n) is 9.07. The maximum absolute atomic E-state index is 11.6. The van der Waals surface area contributed by atoms with Gasteiger partial charge in [-0.3, -0.25) is 4.21 Å². The lowest BCUT2D eigenvalue weighted by Crippen LogP contribution is -2.16. The predicted molar refractivity (Wildman–Crippen MR) is 60.2 cm³/mol. The first-order chi connectivity index (χ1) is 6.21. The molecule has 0 spiro atoms. The lowest BCUT2D eigenvalue weighted by Gasteiger charge is -2.16. The maximum atomic E-state index is 11.6. The van der Waals surface area contributed by atoms with E-state index in [4.69, 9.17) is 0 Å². The minimum absolute atomic E-state index is 0.0751. The Hall–Kier alpha value is -0.900. The highest BCUT2D eigenvalue weighted by atomic mass is 32.2. The highest BCUT2D eigenvalue weighted by Gasteiger charge is 2.17. The normalized spacial score (nSPS) is 16.3. The summed E-state index contributed by atoms with van der Waals surface area (Å²) in [4.78, 5) is 8.97. The minimum Gasteiger partial charge on any atom is -0.263 e. The van der Waals surface area contributed by atoms with Crippen LogP contribution in [0, 0.1) is 0 Å². The van der Waals surface area contributed by atoms with Crippen molar-refractivity contribution in [2.45, 2.75) is 31.1 Å². The molecule has 1 atom stereocenters. The van der Waals surface area contributed by atoms with Crippen LogP contribution in [0.25, 0.3) is 0 Å². The van der Waals surface area contributed by atoms with Gasteiger partial charge in [-0.25, -0.2) is 9.97 Å². The summed E-state index contributed by atoms with van der Waals surface area (Å²) in [6, 6.07) is 0. The topological polar surface area (TPSA) is 42.9 Å². The first-order valence-corrected chi connectivity index (χ1v) is 6.49. The summed E-state index contributed by atoms with van der Waals surface area (Å²) in [5.74, 6) is 4.33. The fourth-order valence-corrected chi connectivity index (χ4v) is 1.48. The van der Waals surface area contributed by atoms with E-state index in [-0.39, 0.29) is 5.41 Å². The predicted octanol–water partition coefficient (Wildman–Crippen LogP) is 1.48. The molecule has 0 aliphatic carbocycles. The zero-order chi connectivity index (χ0) is 11.0. The summed E-state index contributed by atoms with van der Waals surface area (Å²) in [6.45, 7) is 6.11. The summed E-state index contributed by atoms with van der Waals surface area (Å²) in [6.07, 6.45) is 4.79. The van der Waals surface area contributed by atoms with Crippen molar-refractivity contribution in [3.8, 4) is 0 Å². The third kappa shape index (κ3) is 2.54. The fourth-order valence-electron chi connectivity index (χ4n) is 0.926. The number of rotatable bonds is 1. The van der Waals surface area contributed by atoms with E-state index in [1.54, 1.807) is 18.6 Å². The molecule has 0 fully saturated rings. The maximum Gasteiger partial charge on any atom is 0.133 e. The van der Waals surface area contributed by atoms with Gasteiger partial charge in [0.05, 0.1) is 4.90 Å². The van der Waals surface area contributed by atoms with Crippen LogP contribution in [-0.4, -0.2) is 26.3 Å². The van der Waals surface area contributed by atoms with E-state index in [0.717, 1.165) is 5.82 Å². The number of hydrogen-bond acceptors (Lipinski definition) is 3. The molecule has 1 unspecified atom stereocenters. The second-order valence-corrected chi connectivity index (χ2v) is 6.98. The van der Waals surface area contributed by atoms with Crippen LogP contribution in [0.15, 0.2) is 17.3 Å². The van der Waals surface area contributed by atoms with Gasteiger partial charge in [0.2, 0.25) is 0 Å². The van der Waals surface area contributed by atoms with Crippen molar-refractivity contribution in [1.82, 2.24) is 9.97 Å². The lowest BCUT2D eigenvalue weighted by atomic mass is 9.96. The molecule has 0 amide bonds. The molecule has 1 aromatic heterocycles. The van der Waals surface area contributed by atoms with Crippen LogP contribution < -0.4 is 0 Å². The average Bonchev–Trinajstić information content (AvgIpc) is 2.01. The molecule has 0 bridgehead atoms. The second kappa shape index (κ2) is 3.35. The number of nitrogens with zero attached hydrogens (tertiary/aromatic N) is 2. The Morgan fingerprint density at radius 1 is 1.29 bits per heavy atom. The molecule has 0 aliphatic rings. The zero-order valence-corrected chi connectivity index (χ0v) is 9.89. The first kappa shape index (κ1) is 11.2. The van der Waals surface area contributed by atoms with E-state index in [1.165, 1.54) is 0 Å². The molecule has 78 valence electrons. The highest BCUT2D eigenvalue weighted by molar-refractivity contribution is 7.99. The van der Waals surface area contributed by atoms with Crippen LogP contribution in [0.4, 0.5) is 0 Å². The quantitative estimate of drug-likeness (QED) is 0.662. The van der Waals surface area contributed by atoms with E-state index in [9.17, 15) is 4.21 Å². The molecular weight excluding hydrogens is 196 g/mol. The van der Waals surface area contributed by atoms with Crippen LogP contribution in [0.1, 0.15) is 26.6 Å². The number of hydrogen-bond donors (Lipinski definition) is 0. The largest absolute Gasteiger partial charge is 0.263 e.